The van der Waals surface area contributed by atoms with Crippen LogP contribution in [0.4, 0.5) is 8.78 Å². The number of rotatable bonds is 7. The van der Waals surface area contributed by atoms with E-state index in [1.165, 1.54) is 6.07 Å². The Hall–Kier alpha value is -2.67. The van der Waals surface area contributed by atoms with Crippen LogP contribution in [0.5, 0.6) is 17.2 Å². The molecule has 0 saturated carbocycles. The number of para-hydroxylation sites is 2. The summed E-state index contributed by atoms with van der Waals surface area (Å²) in [5.74, 6) is -1.77. The maximum absolute atomic E-state index is 13.3. The number of carbonyl (C=O) groups is 1. The van der Waals surface area contributed by atoms with Crippen molar-refractivity contribution >= 4 is 5.97 Å². The summed E-state index contributed by atoms with van der Waals surface area (Å²) in [6, 6.07) is 9.69. The van der Waals surface area contributed by atoms with Crippen molar-refractivity contribution in [3.8, 4) is 17.2 Å². The van der Waals surface area contributed by atoms with E-state index in [1.54, 1.807) is 24.3 Å². The van der Waals surface area contributed by atoms with Gasteiger partial charge in [0.25, 0.3) is 0 Å². The van der Waals surface area contributed by atoms with Gasteiger partial charge in [0.05, 0.1) is 0 Å². The fourth-order valence-electron chi connectivity index (χ4n) is 2.97. The van der Waals surface area contributed by atoms with Gasteiger partial charge in [-0.15, -0.1) is 0 Å². The highest BCUT2D eigenvalue weighted by molar-refractivity contribution is 5.73. The van der Waals surface area contributed by atoms with E-state index in [-0.39, 0.29) is 5.75 Å². The molecule has 0 aromatic heterocycles. The minimum absolute atomic E-state index is 0.158. The first kappa shape index (κ1) is 18.1. The first-order valence-electron chi connectivity index (χ1n) is 8.36. The molecule has 1 heterocycles. The van der Waals surface area contributed by atoms with E-state index in [0.29, 0.717) is 31.1 Å². The van der Waals surface area contributed by atoms with Gasteiger partial charge in [-0.3, -0.25) is 9.69 Å². The number of benzene rings is 2. The molecule has 1 fully saturated rings. The van der Waals surface area contributed by atoms with Crippen molar-refractivity contribution in [1.29, 1.82) is 0 Å². The molecule has 3 rings (SSSR count). The number of nitrogens with zero attached hydrogens (tertiary/aromatic N) is 1. The molecule has 1 aliphatic heterocycles. The molecule has 0 radical (unpaired) electrons. The number of carboxylic acid groups (broad SMARTS) is 1. The predicted octanol–water partition coefficient (Wildman–Crippen LogP) is 3.68. The topological polar surface area (TPSA) is 59.0 Å². The lowest BCUT2D eigenvalue weighted by Gasteiger charge is -2.21. The maximum Gasteiger partial charge on any atom is 0.320 e. The van der Waals surface area contributed by atoms with Gasteiger partial charge in [0.1, 0.15) is 18.4 Å². The Bertz CT molecular complexity index is 784. The minimum atomic E-state index is -0.991. The van der Waals surface area contributed by atoms with Crippen LogP contribution < -0.4 is 9.47 Å². The summed E-state index contributed by atoms with van der Waals surface area (Å²) >= 11 is 0. The van der Waals surface area contributed by atoms with Crippen molar-refractivity contribution in [2.45, 2.75) is 18.9 Å². The highest BCUT2D eigenvalue weighted by atomic mass is 19.2. The molecule has 0 spiro atoms. The Labute approximate surface area is 149 Å². The van der Waals surface area contributed by atoms with E-state index in [0.717, 1.165) is 25.1 Å². The van der Waals surface area contributed by atoms with Crippen LogP contribution in [0.1, 0.15) is 12.8 Å². The lowest BCUT2D eigenvalue weighted by molar-refractivity contribution is -0.142. The molecule has 0 aliphatic carbocycles. The summed E-state index contributed by atoms with van der Waals surface area (Å²) in [7, 11) is 0. The third kappa shape index (κ3) is 4.29. The lowest BCUT2D eigenvalue weighted by Crippen LogP contribution is -2.38. The summed E-state index contributed by atoms with van der Waals surface area (Å²) < 4.78 is 37.7. The largest absolute Gasteiger partial charge is 0.488 e. The fraction of sp³-hybridized carbons (Fsp3) is 0.316. The van der Waals surface area contributed by atoms with Gasteiger partial charge in [-0.05, 0) is 43.7 Å². The second-order valence-electron chi connectivity index (χ2n) is 6.01. The van der Waals surface area contributed by atoms with Crippen LogP contribution >= 0.6 is 0 Å². The molecule has 0 bridgehead atoms. The van der Waals surface area contributed by atoms with E-state index in [2.05, 4.69) is 0 Å². The molecule has 1 atom stereocenters. The van der Waals surface area contributed by atoms with E-state index in [4.69, 9.17) is 9.47 Å². The fourth-order valence-corrected chi connectivity index (χ4v) is 2.97. The van der Waals surface area contributed by atoms with Gasteiger partial charge < -0.3 is 14.6 Å². The number of aliphatic carboxylic acids is 1. The van der Waals surface area contributed by atoms with E-state index in [1.807, 2.05) is 4.90 Å². The summed E-state index contributed by atoms with van der Waals surface area (Å²) in [5.41, 5.74) is 0. The van der Waals surface area contributed by atoms with Gasteiger partial charge in [-0.25, -0.2) is 8.78 Å². The van der Waals surface area contributed by atoms with Gasteiger partial charge in [0, 0.05) is 12.6 Å². The average Bonchev–Trinajstić information content (AvgIpc) is 3.08. The number of carboxylic acids is 1. The van der Waals surface area contributed by atoms with Crippen LogP contribution in [0.2, 0.25) is 0 Å². The monoisotopic (exact) mass is 363 g/mol. The Kier molecular flexibility index (Phi) is 5.68. The van der Waals surface area contributed by atoms with E-state index < -0.39 is 23.6 Å². The second-order valence-corrected chi connectivity index (χ2v) is 6.01. The number of halogens is 2. The molecule has 7 heteroatoms. The van der Waals surface area contributed by atoms with E-state index >= 15 is 0 Å². The Morgan fingerprint density at radius 1 is 1.15 bits per heavy atom. The van der Waals surface area contributed by atoms with Crippen molar-refractivity contribution in [2.75, 3.05) is 19.7 Å². The van der Waals surface area contributed by atoms with Crippen molar-refractivity contribution in [3.05, 3.63) is 54.1 Å². The minimum Gasteiger partial charge on any atom is -0.488 e. The van der Waals surface area contributed by atoms with Crippen molar-refractivity contribution in [3.63, 3.8) is 0 Å². The molecule has 1 aliphatic rings. The van der Waals surface area contributed by atoms with Gasteiger partial charge in [-0.2, -0.15) is 0 Å². The molecular weight excluding hydrogens is 344 g/mol. The Balaban J connectivity index is 1.62. The average molecular weight is 363 g/mol. The third-order valence-corrected chi connectivity index (χ3v) is 4.25. The van der Waals surface area contributed by atoms with Crippen LogP contribution in [0.15, 0.2) is 42.5 Å². The standard InChI is InChI=1S/C19H19F2NO4/c20-14-8-7-13(12-15(14)21)26-18-6-2-1-5-17(18)25-11-10-22-9-3-4-16(22)19(23)24/h1-2,5-8,12,16H,3-4,9-11H2,(H,23,24). The number of hydrogen-bond donors (Lipinski definition) is 1. The molecule has 2 aromatic carbocycles. The molecule has 1 unspecified atom stereocenters. The normalized spacial score (nSPS) is 17.2. The quantitative estimate of drug-likeness (QED) is 0.813. The summed E-state index contributed by atoms with van der Waals surface area (Å²) in [4.78, 5) is 13.1. The highest BCUT2D eigenvalue weighted by Gasteiger charge is 2.30. The molecule has 0 amide bonds. The summed E-state index contributed by atoms with van der Waals surface area (Å²) in [5, 5.41) is 9.19. The lowest BCUT2D eigenvalue weighted by atomic mass is 10.2. The summed E-state index contributed by atoms with van der Waals surface area (Å²) in [6.07, 6.45) is 1.50. The highest BCUT2D eigenvalue weighted by Crippen LogP contribution is 2.32. The Morgan fingerprint density at radius 3 is 2.65 bits per heavy atom. The molecule has 138 valence electrons. The van der Waals surface area contributed by atoms with Crippen LogP contribution in [0, 0.1) is 11.6 Å². The summed E-state index contributed by atoms with van der Waals surface area (Å²) in [6.45, 7) is 1.51. The van der Waals surface area contributed by atoms with Crippen LogP contribution in [0.3, 0.4) is 0 Å². The molecule has 1 saturated heterocycles. The molecule has 1 N–H and O–H groups in total. The number of hydrogen-bond acceptors (Lipinski definition) is 4. The van der Waals surface area contributed by atoms with Crippen molar-refractivity contribution < 1.29 is 28.2 Å². The van der Waals surface area contributed by atoms with E-state index in [9.17, 15) is 18.7 Å². The van der Waals surface area contributed by atoms with Crippen molar-refractivity contribution in [2.24, 2.45) is 0 Å². The smallest absolute Gasteiger partial charge is 0.320 e. The SMILES string of the molecule is O=C(O)C1CCCN1CCOc1ccccc1Oc1ccc(F)c(F)c1. The van der Waals surface area contributed by atoms with Gasteiger partial charge >= 0.3 is 5.97 Å². The van der Waals surface area contributed by atoms with Crippen molar-refractivity contribution in [1.82, 2.24) is 4.90 Å². The van der Waals surface area contributed by atoms with Gasteiger partial charge in [0.2, 0.25) is 0 Å². The van der Waals surface area contributed by atoms with Gasteiger partial charge in [0.15, 0.2) is 23.1 Å². The first-order chi connectivity index (χ1) is 12.5. The number of ether oxygens (including phenoxy) is 2. The first-order valence-corrected chi connectivity index (χ1v) is 8.36. The molecular formula is C19H19F2NO4. The molecule has 2 aromatic rings. The zero-order valence-corrected chi connectivity index (χ0v) is 14.0. The second kappa shape index (κ2) is 8.14. The van der Waals surface area contributed by atoms with Crippen LogP contribution in [0.25, 0.3) is 0 Å². The van der Waals surface area contributed by atoms with Crippen LogP contribution in [-0.2, 0) is 4.79 Å². The van der Waals surface area contributed by atoms with Gasteiger partial charge in [-0.1, -0.05) is 12.1 Å². The zero-order valence-electron chi connectivity index (χ0n) is 14.0. The number of likely N-dealkylation sites (tertiary alicyclic amines) is 1. The molecule has 26 heavy (non-hydrogen) atoms. The molecule has 5 nitrogen and oxygen atoms in total. The maximum atomic E-state index is 13.3. The zero-order chi connectivity index (χ0) is 18.5. The Morgan fingerprint density at radius 2 is 1.92 bits per heavy atom. The predicted molar refractivity (Wildman–Crippen MR) is 90.6 cm³/mol. The van der Waals surface area contributed by atoms with Crippen LogP contribution in [-0.4, -0.2) is 41.7 Å². The third-order valence-electron chi connectivity index (χ3n) is 4.25.